The van der Waals surface area contributed by atoms with Gasteiger partial charge in [0.25, 0.3) is 5.69 Å². The summed E-state index contributed by atoms with van der Waals surface area (Å²) in [6.07, 6.45) is 0. The van der Waals surface area contributed by atoms with Gasteiger partial charge in [0, 0.05) is 17.0 Å². The second-order valence-electron chi connectivity index (χ2n) is 4.49. The van der Waals surface area contributed by atoms with E-state index < -0.39 is 4.92 Å². The van der Waals surface area contributed by atoms with E-state index in [-0.39, 0.29) is 11.4 Å². The minimum absolute atomic E-state index is 0.0569. The number of nitro benzene ring substituents is 1. The molecule has 0 fully saturated rings. The Morgan fingerprint density at radius 3 is 2.38 bits per heavy atom. The molecule has 3 rings (SSSR count). The minimum Gasteiger partial charge on any atom is -0.507 e. The minimum atomic E-state index is -0.427. The second-order valence-corrected chi connectivity index (χ2v) is 5.57. The van der Waals surface area contributed by atoms with E-state index in [1.54, 1.807) is 18.2 Å². The highest BCUT2D eigenvalue weighted by Crippen LogP contribution is 2.40. The van der Waals surface area contributed by atoms with E-state index in [4.69, 9.17) is 0 Å². The van der Waals surface area contributed by atoms with Gasteiger partial charge in [0.2, 0.25) is 0 Å². The van der Waals surface area contributed by atoms with Crippen LogP contribution in [0.15, 0.2) is 70.5 Å². The first kappa shape index (κ1) is 13.5. The molecule has 1 N–H and O–H groups in total. The summed E-state index contributed by atoms with van der Waals surface area (Å²) in [5.41, 5.74) is 0.0569. The van der Waals surface area contributed by atoms with E-state index in [0.717, 1.165) is 20.6 Å². The molecule has 0 aromatic heterocycles. The van der Waals surface area contributed by atoms with Crippen molar-refractivity contribution in [2.45, 2.75) is 9.79 Å². The molecule has 0 aliphatic heterocycles. The molecular weight excluding hydrogens is 286 g/mol. The van der Waals surface area contributed by atoms with Gasteiger partial charge in [-0.2, -0.15) is 0 Å². The molecule has 0 saturated heterocycles. The molecule has 4 nitrogen and oxygen atoms in total. The third kappa shape index (κ3) is 2.68. The number of hydrogen-bond acceptors (Lipinski definition) is 4. The quantitative estimate of drug-likeness (QED) is 0.566. The molecule has 0 unspecified atom stereocenters. The number of non-ortho nitro benzene ring substituents is 1. The Bertz CT molecular complexity index is 815. The van der Waals surface area contributed by atoms with Crippen LogP contribution in [0.1, 0.15) is 0 Å². The lowest BCUT2D eigenvalue weighted by atomic mass is 10.1. The average molecular weight is 297 g/mol. The summed E-state index contributed by atoms with van der Waals surface area (Å²) in [7, 11) is 0. The van der Waals surface area contributed by atoms with Crippen molar-refractivity contribution in [3.8, 4) is 5.75 Å². The molecule has 0 atom stereocenters. The molecule has 0 saturated carbocycles. The molecule has 3 aromatic carbocycles. The van der Waals surface area contributed by atoms with Crippen molar-refractivity contribution in [2.75, 3.05) is 0 Å². The summed E-state index contributed by atoms with van der Waals surface area (Å²) >= 11 is 1.39. The standard InChI is InChI=1S/C16H11NO3S/c18-15-10-5-11-3-1-2-4-14(11)16(15)21-13-8-6-12(7-9-13)17(19)20/h1-10,18H. The largest absolute Gasteiger partial charge is 0.507 e. The van der Waals surface area contributed by atoms with Gasteiger partial charge in [0.05, 0.1) is 9.82 Å². The van der Waals surface area contributed by atoms with Gasteiger partial charge in [-0.25, -0.2) is 0 Å². The lowest BCUT2D eigenvalue weighted by molar-refractivity contribution is -0.384. The van der Waals surface area contributed by atoms with Crippen LogP contribution in [0.3, 0.4) is 0 Å². The van der Waals surface area contributed by atoms with Crippen LogP contribution >= 0.6 is 11.8 Å². The van der Waals surface area contributed by atoms with Gasteiger partial charge in [0.15, 0.2) is 0 Å². The Hall–Kier alpha value is -2.53. The first-order valence-electron chi connectivity index (χ1n) is 6.28. The number of phenolic OH excluding ortho intramolecular Hbond substituents is 1. The maximum atomic E-state index is 10.7. The smallest absolute Gasteiger partial charge is 0.269 e. The monoisotopic (exact) mass is 297 g/mol. The molecule has 21 heavy (non-hydrogen) atoms. The number of nitro groups is 1. The fourth-order valence-corrected chi connectivity index (χ4v) is 3.07. The average Bonchev–Trinajstić information content (AvgIpc) is 2.51. The van der Waals surface area contributed by atoms with E-state index in [0.29, 0.717) is 0 Å². The van der Waals surface area contributed by atoms with Crippen molar-refractivity contribution < 1.29 is 10.0 Å². The van der Waals surface area contributed by atoms with Gasteiger partial charge < -0.3 is 5.11 Å². The highest BCUT2D eigenvalue weighted by Gasteiger charge is 2.10. The molecule has 0 radical (unpaired) electrons. The number of hydrogen-bond donors (Lipinski definition) is 1. The summed E-state index contributed by atoms with van der Waals surface area (Å²) < 4.78 is 0. The van der Waals surface area contributed by atoms with E-state index in [9.17, 15) is 15.2 Å². The van der Waals surface area contributed by atoms with Gasteiger partial charge in [-0.1, -0.05) is 42.1 Å². The number of benzene rings is 3. The van der Waals surface area contributed by atoms with Crippen molar-refractivity contribution >= 4 is 28.2 Å². The molecule has 0 spiro atoms. The van der Waals surface area contributed by atoms with Gasteiger partial charge in [-0.3, -0.25) is 10.1 Å². The number of nitrogens with zero attached hydrogens (tertiary/aromatic N) is 1. The molecule has 0 aliphatic carbocycles. The van der Waals surface area contributed by atoms with Crippen LogP contribution in [0.4, 0.5) is 5.69 Å². The van der Waals surface area contributed by atoms with Crippen LogP contribution in [0.25, 0.3) is 10.8 Å². The Morgan fingerprint density at radius 2 is 1.67 bits per heavy atom. The van der Waals surface area contributed by atoms with Crippen molar-refractivity contribution in [3.05, 3.63) is 70.8 Å². The van der Waals surface area contributed by atoms with Gasteiger partial charge in [0.1, 0.15) is 5.75 Å². The fraction of sp³-hybridized carbons (Fsp3) is 0. The summed E-state index contributed by atoms with van der Waals surface area (Å²) in [5, 5.41) is 22.7. The first-order chi connectivity index (χ1) is 10.1. The predicted octanol–water partition coefficient (Wildman–Crippen LogP) is 4.60. The van der Waals surface area contributed by atoms with Crippen molar-refractivity contribution in [1.29, 1.82) is 0 Å². The number of phenols is 1. The molecule has 5 heteroatoms. The van der Waals surface area contributed by atoms with Crippen LogP contribution < -0.4 is 0 Å². The lowest BCUT2D eigenvalue weighted by Gasteiger charge is -2.08. The van der Waals surface area contributed by atoms with E-state index >= 15 is 0 Å². The van der Waals surface area contributed by atoms with Crippen LogP contribution in [-0.2, 0) is 0 Å². The maximum Gasteiger partial charge on any atom is 0.269 e. The van der Waals surface area contributed by atoms with E-state index in [1.165, 1.54) is 23.9 Å². The summed E-state index contributed by atoms with van der Waals surface area (Å²) in [6.45, 7) is 0. The SMILES string of the molecule is O=[N+]([O-])c1ccc(Sc2c(O)ccc3ccccc23)cc1. The van der Waals surface area contributed by atoms with Gasteiger partial charge >= 0.3 is 0 Å². The second kappa shape index (κ2) is 5.46. The Balaban J connectivity index is 2.01. The highest BCUT2D eigenvalue weighted by molar-refractivity contribution is 7.99. The zero-order valence-electron chi connectivity index (χ0n) is 10.9. The third-order valence-corrected chi connectivity index (χ3v) is 4.27. The zero-order valence-corrected chi connectivity index (χ0v) is 11.7. The third-order valence-electron chi connectivity index (χ3n) is 3.13. The first-order valence-corrected chi connectivity index (χ1v) is 7.10. The molecule has 0 amide bonds. The molecular formula is C16H11NO3S. The van der Waals surface area contributed by atoms with E-state index in [1.807, 2.05) is 30.3 Å². The summed E-state index contributed by atoms with van der Waals surface area (Å²) in [5.74, 6) is 0.206. The molecule has 0 bridgehead atoms. The number of rotatable bonds is 3. The Labute approximate surface area is 125 Å². The van der Waals surface area contributed by atoms with Crippen molar-refractivity contribution in [2.24, 2.45) is 0 Å². The molecule has 0 heterocycles. The Morgan fingerprint density at radius 1 is 0.952 bits per heavy atom. The molecule has 104 valence electrons. The van der Waals surface area contributed by atoms with Crippen LogP contribution in [0.2, 0.25) is 0 Å². The predicted molar refractivity (Wildman–Crippen MR) is 82.8 cm³/mol. The fourth-order valence-electron chi connectivity index (χ4n) is 2.09. The zero-order chi connectivity index (χ0) is 14.8. The van der Waals surface area contributed by atoms with Gasteiger partial charge in [-0.05, 0) is 29.0 Å². The normalized spacial score (nSPS) is 10.7. The van der Waals surface area contributed by atoms with Crippen LogP contribution in [-0.4, -0.2) is 10.0 Å². The van der Waals surface area contributed by atoms with Crippen molar-refractivity contribution in [3.63, 3.8) is 0 Å². The highest BCUT2D eigenvalue weighted by atomic mass is 32.2. The van der Waals surface area contributed by atoms with Crippen LogP contribution in [0.5, 0.6) is 5.75 Å². The maximum absolute atomic E-state index is 10.7. The van der Waals surface area contributed by atoms with Crippen molar-refractivity contribution in [1.82, 2.24) is 0 Å². The Kier molecular flexibility index (Phi) is 3.50. The van der Waals surface area contributed by atoms with E-state index in [2.05, 4.69) is 0 Å². The number of aromatic hydroxyl groups is 1. The topological polar surface area (TPSA) is 63.4 Å². The number of fused-ring (bicyclic) bond motifs is 1. The molecule has 0 aliphatic rings. The summed E-state index contributed by atoms with van der Waals surface area (Å²) in [4.78, 5) is 11.8. The lowest BCUT2D eigenvalue weighted by Crippen LogP contribution is -1.86. The van der Waals surface area contributed by atoms with Crippen LogP contribution in [0, 0.1) is 10.1 Å². The van der Waals surface area contributed by atoms with Gasteiger partial charge in [-0.15, -0.1) is 0 Å². The summed E-state index contributed by atoms with van der Waals surface area (Å²) in [6, 6.07) is 17.6. The molecule has 3 aromatic rings.